The van der Waals surface area contributed by atoms with Crippen LogP contribution in [-0.2, 0) is 11.2 Å². The minimum absolute atomic E-state index is 0.0604. The predicted molar refractivity (Wildman–Crippen MR) is 100 cm³/mol. The first-order valence-electron chi connectivity index (χ1n) is 8.08. The first kappa shape index (κ1) is 15.7. The number of amides is 1. The Labute approximate surface area is 148 Å². The smallest absolute Gasteiger partial charge is 0.234 e. The predicted octanol–water partition coefficient (Wildman–Crippen LogP) is 3.50. The molecule has 0 aliphatic rings. The maximum absolute atomic E-state index is 12.2. The zero-order chi connectivity index (χ0) is 17.2. The summed E-state index contributed by atoms with van der Waals surface area (Å²) in [5.41, 5.74) is 3.93. The summed E-state index contributed by atoms with van der Waals surface area (Å²) in [7, 11) is 0. The average molecular weight is 351 g/mol. The molecule has 6 nitrogen and oxygen atoms in total. The van der Waals surface area contributed by atoms with Crippen molar-refractivity contribution in [1.82, 2.24) is 19.6 Å². The molecule has 1 amide bonds. The summed E-state index contributed by atoms with van der Waals surface area (Å²) in [5, 5.41) is 10.8. The quantitative estimate of drug-likeness (QED) is 0.540. The molecule has 2 aromatic carbocycles. The van der Waals surface area contributed by atoms with Crippen molar-refractivity contribution in [1.29, 1.82) is 0 Å². The summed E-state index contributed by atoms with van der Waals surface area (Å²) in [4.78, 5) is 16.7. The lowest BCUT2D eigenvalue weighted by Gasteiger charge is -2.05. The Hall–Kier alpha value is -2.80. The fraction of sp³-hybridized carbons (Fsp3) is 0.167. The highest BCUT2D eigenvalue weighted by Gasteiger charge is 2.13. The molecule has 0 spiro atoms. The van der Waals surface area contributed by atoms with Crippen molar-refractivity contribution in [2.24, 2.45) is 0 Å². The van der Waals surface area contributed by atoms with E-state index in [2.05, 4.69) is 27.4 Å². The molecule has 0 aliphatic carbocycles. The maximum atomic E-state index is 12.2. The molecule has 2 heterocycles. The van der Waals surface area contributed by atoms with Gasteiger partial charge in [0, 0.05) is 5.69 Å². The molecule has 2 N–H and O–H groups in total. The van der Waals surface area contributed by atoms with Gasteiger partial charge in [0.05, 0.1) is 16.8 Å². The molecular weight excluding hydrogens is 334 g/mol. The van der Waals surface area contributed by atoms with Crippen molar-refractivity contribution in [2.75, 3.05) is 11.1 Å². The number of para-hydroxylation sites is 2. The van der Waals surface area contributed by atoms with Crippen LogP contribution in [0.3, 0.4) is 0 Å². The average Bonchev–Trinajstić information content (AvgIpc) is 3.20. The van der Waals surface area contributed by atoms with E-state index in [9.17, 15) is 4.79 Å². The molecule has 25 heavy (non-hydrogen) atoms. The highest BCUT2D eigenvalue weighted by molar-refractivity contribution is 7.99. The molecule has 126 valence electrons. The number of fused-ring (bicyclic) bond motifs is 3. The number of benzene rings is 2. The van der Waals surface area contributed by atoms with Crippen molar-refractivity contribution < 1.29 is 4.79 Å². The molecule has 7 heteroatoms. The molecule has 0 fully saturated rings. The summed E-state index contributed by atoms with van der Waals surface area (Å²) in [6.45, 7) is 2.11. The number of aryl methyl sites for hydroxylation is 1. The molecular formula is C18H17N5OS. The van der Waals surface area contributed by atoms with Gasteiger partial charge in [-0.05, 0) is 36.2 Å². The lowest BCUT2D eigenvalue weighted by molar-refractivity contribution is -0.113. The van der Waals surface area contributed by atoms with Gasteiger partial charge in [0.1, 0.15) is 0 Å². The molecule has 2 aromatic heterocycles. The van der Waals surface area contributed by atoms with E-state index < -0.39 is 0 Å². The molecule has 0 radical (unpaired) electrons. The lowest BCUT2D eigenvalue weighted by atomic mass is 10.1. The van der Waals surface area contributed by atoms with Crippen LogP contribution >= 0.6 is 11.8 Å². The van der Waals surface area contributed by atoms with Gasteiger partial charge in [-0.15, -0.1) is 5.10 Å². The third-order valence-electron chi connectivity index (χ3n) is 3.98. The van der Waals surface area contributed by atoms with Crippen LogP contribution in [0.1, 0.15) is 12.5 Å². The van der Waals surface area contributed by atoms with Gasteiger partial charge < -0.3 is 5.32 Å². The summed E-state index contributed by atoms with van der Waals surface area (Å²) in [5.74, 6) is 0.899. The minimum Gasteiger partial charge on any atom is -0.325 e. The lowest BCUT2D eigenvalue weighted by Crippen LogP contribution is -2.14. The number of carbonyl (C=O) groups is 1. The Kier molecular flexibility index (Phi) is 4.15. The number of aromatic amines is 1. The zero-order valence-electron chi connectivity index (χ0n) is 13.7. The minimum atomic E-state index is -0.0604. The Morgan fingerprint density at radius 1 is 1.20 bits per heavy atom. The number of hydrogen-bond acceptors (Lipinski definition) is 4. The number of nitrogens with one attached hydrogen (secondary N) is 2. The summed E-state index contributed by atoms with van der Waals surface area (Å²) >= 11 is 1.38. The summed E-state index contributed by atoms with van der Waals surface area (Å²) in [6.07, 6.45) is 0.984. The molecule has 0 aliphatic heterocycles. The molecule has 4 rings (SSSR count). The van der Waals surface area contributed by atoms with E-state index in [4.69, 9.17) is 0 Å². The SMILES string of the molecule is CCc1ccc(NC(=O)CSc2n[nH]c3nc4ccccc4n23)cc1. The normalized spacial score (nSPS) is 11.2. The van der Waals surface area contributed by atoms with E-state index in [0.29, 0.717) is 5.78 Å². The molecule has 0 saturated heterocycles. The largest absolute Gasteiger partial charge is 0.325 e. The highest BCUT2D eigenvalue weighted by Crippen LogP contribution is 2.23. The number of nitrogens with zero attached hydrogens (tertiary/aromatic N) is 3. The van der Waals surface area contributed by atoms with E-state index in [1.807, 2.05) is 52.9 Å². The van der Waals surface area contributed by atoms with Crippen LogP contribution in [0.5, 0.6) is 0 Å². The van der Waals surface area contributed by atoms with Crippen LogP contribution in [0.2, 0.25) is 0 Å². The summed E-state index contributed by atoms with van der Waals surface area (Å²) in [6, 6.07) is 15.8. The van der Waals surface area contributed by atoms with Gasteiger partial charge in [-0.1, -0.05) is 43.0 Å². The first-order chi connectivity index (χ1) is 12.2. The van der Waals surface area contributed by atoms with Crippen molar-refractivity contribution in [3.05, 3.63) is 54.1 Å². The Balaban J connectivity index is 1.47. The van der Waals surface area contributed by atoms with E-state index >= 15 is 0 Å². The van der Waals surface area contributed by atoms with Crippen molar-refractivity contribution >= 4 is 40.2 Å². The number of H-pyrrole nitrogens is 1. The van der Waals surface area contributed by atoms with E-state index in [0.717, 1.165) is 28.3 Å². The van der Waals surface area contributed by atoms with E-state index in [1.54, 1.807) is 0 Å². The number of thioether (sulfide) groups is 1. The Bertz CT molecular complexity index is 1030. The van der Waals surface area contributed by atoms with Crippen LogP contribution in [-0.4, -0.2) is 31.2 Å². The van der Waals surface area contributed by atoms with Crippen LogP contribution in [0.4, 0.5) is 5.69 Å². The van der Waals surface area contributed by atoms with Crippen LogP contribution in [0, 0.1) is 0 Å². The zero-order valence-corrected chi connectivity index (χ0v) is 14.5. The fourth-order valence-electron chi connectivity index (χ4n) is 2.69. The molecule has 0 atom stereocenters. The second-order valence-electron chi connectivity index (χ2n) is 5.65. The van der Waals surface area contributed by atoms with Gasteiger partial charge in [-0.25, -0.2) is 10.1 Å². The number of aromatic nitrogens is 4. The Morgan fingerprint density at radius 3 is 2.80 bits per heavy atom. The third-order valence-corrected chi connectivity index (χ3v) is 4.92. The first-order valence-corrected chi connectivity index (χ1v) is 9.06. The van der Waals surface area contributed by atoms with Gasteiger partial charge in [0.2, 0.25) is 11.7 Å². The van der Waals surface area contributed by atoms with Gasteiger partial charge in [-0.3, -0.25) is 9.20 Å². The van der Waals surface area contributed by atoms with E-state index in [1.165, 1.54) is 17.3 Å². The highest BCUT2D eigenvalue weighted by atomic mass is 32.2. The van der Waals surface area contributed by atoms with Crippen LogP contribution in [0.25, 0.3) is 16.8 Å². The van der Waals surface area contributed by atoms with Crippen molar-refractivity contribution in [3.63, 3.8) is 0 Å². The van der Waals surface area contributed by atoms with Gasteiger partial charge in [0.25, 0.3) is 0 Å². The molecule has 0 bridgehead atoms. The van der Waals surface area contributed by atoms with Crippen LogP contribution in [0.15, 0.2) is 53.7 Å². The van der Waals surface area contributed by atoms with Crippen LogP contribution < -0.4 is 5.32 Å². The van der Waals surface area contributed by atoms with Gasteiger partial charge in [-0.2, -0.15) is 0 Å². The fourth-order valence-corrected chi connectivity index (χ4v) is 3.45. The number of anilines is 1. The number of hydrogen-bond donors (Lipinski definition) is 2. The van der Waals surface area contributed by atoms with Gasteiger partial charge >= 0.3 is 0 Å². The number of rotatable bonds is 5. The molecule has 0 unspecified atom stereocenters. The number of carbonyl (C=O) groups excluding carboxylic acids is 1. The second kappa shape index (κ2) is 6.60. The third kappa shape index (κ3) is 3.10. The van der Waals surface area contributed by atoms with Gasteiger partial charge in [0.15, 0.2) is 5.16 Å². The summed E-state index contributed by atoms with van der Waals surface area (Å²) < 4.78 is 1.93. The molecule has 4 aromatic rings. The second-order valence-corrected chi connectivity index (χ2v) is 6.60. The molecule has 0 saturated carbocycles. The van der Waals surface area contributed by atoms with E-state index in [-0.39, 0.29) is 11.7 Å². The van der Waals surface area contributed by atoms with Crippen molar-refractivity contribution in [3.8, 4) is 0 Å². The number of imidazole rings is 1. The standard InChI is InChI=1S/C18H17N5OS/c1-2-12-7-9-13(10-8-12)19-16(24)11-25-18-22-21-17-20-14-5-3-4-6-15(14)23(17)18/h3-10H,2,11H2,1H3,(H,19,24)(H,20,21). The van der Waals surface area contributed by atoms with Crippen molar-refractivity contribution in [2.45, 2.75) is 18.5 Å². The topological polar surface area (TPSA) is 75.1 Å². The monoisotopic (exact) mass is 351 g/mol. The maximum Gasteiger partial charge on any atom is 0.234 e. The Morgan fingerprint density at radius 2 is 2.00 bits per heavy atom.